The van der Waals surface area contributed by atoms with Crippen LogP contribution in [0.15, 0.2) is 47.4 Å². The molecule has 1 aliphatic rings. The number of rotatable bonds is 6. The van der Waals surface area contributed by atoms with Gasteiger partial charge in [-0.2, -0.15) is 4.31 Å². The molecule has 1 atom stereocenters. The van der Waals surface area contributed by atoms with Gasteiger partial charge in [-0.3, -0.25) is 4.79 Å². The maximum atomic E-state index is 13.2. The molecule has 0 unspecified atom stereocenters. The highest BCUT2D eigenvalue weighted by Crippen LogP contribution is 2.33. The van der Waals surface area contributed by atoms with Gasteiger partial charge in [-0.15, -0.1) is 0 Å². The van der Waals surface area contributed by atoms with E-state index < -0.39 is 15.9 Å². The second kappa shape index (κ2) is 9.02. The summed E-state index contributed by atoms with van der Waals surface area (Å²) in [6.07, 6.45) is 1.19. The van der Waals surface area contributed by atoms with E-state index in [1.54, 1.807) is 36.4 Å². The van der Waals surface area contributed by atoms with Crippen LogP contribution in [0.5, 0.6) is 11.5 Å². The van der Waals surface area contributed by atoms with Crippen molar-refractivity contribution in [3.05, 3.63) is 47.5 Å². The molecule has 1 saturated heterocycles. The molecule has 0 bridgehead atoms. The first-order valence-electron chi connectivity index (χ1n) is 9.13. The number of hydrogen-bond donors (Lipinski definition) is 1. The summed E-state index contributed by atoms with van der Waals surface area (Å²) in [5.41, 5.74) is 0.581. The zero-order chi connectivity index (χ0) is 21.0. The number of carbonyl (C=O) groups is 1. The van der Waals surface area contributed by atoms with E-state index in [1.165, 1.54) is 24.6 Å². The number of hydrogen-bond acceptors (Lipinski definition) is 5. The zero-order valence-electron chi connectivity index (χ0n) is 16.2. The summed E-state index contributed by atoms with van der Waals surface area (Å²) in [7, 11) is -0.974. The van der Waals surface area contributed by atoms with E-state index in [0.717, 1.165) is 0 Å². The number of halogens is 1. The average Bonchev–Trinajstić information content (AvgIpc) is 2.73. The Morgan fingerprint density at radius 3 is 2.66 bits per heavy atom. The van der Waals surface area contributed by atoms with Crippen molar-refractivity contribution in [3.63, 3.8) is 0 Å². The summed E-state index contributed by atoms with van der Waals surface area (Å²) in [6.45, 7) is 0.429. The Balaban J connectivity index is 1.80. The second-order valence-corrected chi connectivity index (χ2v) is 9.06. The highest BCUT2D eigenvalue weighted by molar-refractivity contribution is 7.89. The van der Waals surface area contributed by atoms with Gasteiger partial charge in [-0.1, -0.05) is 17.7 Å². The number of nitrogens with one attached hydrogen (secondary N) is 1. The Morgan fingerprint density at radius 2 is 1.97 bits per heavy atom. The largest absolute Gasteiger partial charge is 0.497 e. The van der Waals surface area contributed by atoms with Gasteiger partial charge < -0.3 is 14.8 Å². The second-order valence-electron chi connectivity index (χ2n) is 6.72. The molecule has 1 heterocycles. The molecule has 156 valence electrons. The molecular weight excluding hydrogens is 416 g/mol. The Labute approximate surface area is 175 Å². The third-order valence-electron chi connectivity index (χ3n) is 4.84. The molecular formula is C20H23ClN2O5S. The van der Waals surface area contributed by atoms with Crippen LogP contribution < -0.4 is 14.8 Å². The molecule has 0 aliphatic carbocycles. The first kappa shape index (κ1) is 21.4. The fourth-order valence-corrected chi connectivity index (χ4v) is 5.19. The average molecular weight is 439 g/mol. The number of piperidine rings is 1. The predicted molar refractivity (Wildman–Crippen MR) is 111 cm³/mol. The molecule has 9 heteroatoms. The van der Waals surface area contributed by atoms with E-state index in [9.17, 15) is 13.2 Å². The lowest BCUT2D eigenvalue weighted by atomic mass is 9.99. The van der Waals surface area contributed by atoms with Gasteiger partial charge >= 0.3 is 0 Å². The van der Waals surface area contributed by atoms with E-state index >= 15 is 0 Å². The van der Waals surface area contributed by atoms with Crippen molar-refractivity contribution in [3.8, 4) is 11.5 Å². The summed E-state index contributed by atoms with van der Waals surface area (Å²) >= 11 is 5.96. The van der Waals surface area contributed by atoms with Crippen LogP contribution in [0.4, 0.5) is 5.69 Å². The summed E-state index contributed by atoms with van der Waals surface area (Å²) in [4.78, 5) is 12.7. The van der Waals surface area contributed by atoms with E-state index in [2.05, 4.69) is 5.32 Å². The number of carbonyl (C=O) groups excluding carboxylic acids is 1. The number of sulfonamides is 1. The third-order valence-corrected chi connectivity index (χ3v) is 6.96. The van der Waals surface area contributed by atoms with E-state index in [1.807, 2.05) is 0 Å². The maximum Gasteiger partial charge on any atom is 0.246 e. The van der Waals surface area contributed by atoms with Crippen LogP contribution in [-0.2, 0) is 14.8 Å². The Kier molecular flexibility index (Phi) is 6.66. The number of anilines is 1. The van der Waals surface area contributed by atoms with Gasteiger partial charge in [0.15, 0.2) is 0 Å². The molecule has 3 rings (SSSR count). The topological polar surface area (TPSA) is 84.9 Å². The fourth-order valence-electron chi connectivity index (χ4n) is 3.31. The zero-order valence-corrected chi connectivity index (χ0v) is 17.8. The van der Waals surface area contributed by atoms with Crippen LogP contribution in [0.1, 0.15) is 12.8 Å². The van der Waals surface area contributed by atoms with Gasteiger partial charge in [0.05, 0.1) is 20.1 Å². The first-order valence-corrected chi connectivity index (χ1v) is 11.0. The summed E-state index contributed by atoms with van der Waals surface area (Å²) in [6, 6.07) is 11.5. The van der Waals surface area contributed by atoms with Gasteiger partial charge in [-0.25, -0.2) is 8.42 Å². The molecule has 2 aromatic carbocycles. The number of ether oxygens (including phenoxy) is 2. The van der Waals surface area contributed by atoms with E-state index in [4.69, 9.17) is 21.1 Å². The first-order chi connectivity index (χ1) is 13.8. The van der Waals surface area contributed by atoms with Crippen molar-refractivity contribution in [1.29, 1.82) is 0 Å². The van der Waals surface area contributed by atoms with Crippen LogP contribution in [0.3, 0.4) is 0 Å². The van der Waals surface area contributed by atoms with Gasteiger partial charge in [0.25, 0.3) is 0 Å². The molecule has 1 N–H and O–H groups in total. The molecule has 0 radical (unpaired) electrons. The van der Waals surface area contributed by atoms with Gasteiger partial charge in [0, 0.05) is 29.9 Å². The van der Waals surface area contributed by atoms with Crippen molar-refractivity contribution < 1.29 is 22.7 Å². The standard InChI is InChI=1S/C20H23ClN2O5S/c1-27-17-8-9-18(28-2)19(12-17)29(25,26)23-10-4-5-14(13-23)20(24)22-16-7-3-6-15(21)11-16/h3,6-9,11-12,14H,4-5,10,13H2,1-2H3,(H,22,24)/t14-/m0/s1. The maximum absolute atomic E-state index is 13.2. The molecule has 2 aromatic rings. The quantitative estimate of drug-likeness (QED) is 0.747. The van der Waals surface area contributed by atoms with Crippen LogP contribution in [-0.4, -0.2) is 45.9 Å². The SMILES string of the molecule is COc1ccc(OC)c(S(=O)(=O)N2CCC[C@H](C(=O)Nc3cccc(Cl)c3)C2)c1. The van der Waals surface area contributed by atoms with Gasteiger partial charge in [-0.05, 0) is 43.2 Å². The van der Waals surface area contributed by atoms with Crippen molar-refractivity contribution in [2.75, 3.05) is 32.6 Å². The minimum absolute atomic E-state index is 0.0234. The lowest BCUT2D eigenvalue weighted by Crippen LogP contribution is -2.43. The van der Waals surface area contributed by atoms with Crippen molar-refractivity contribution >= 4 is 33.2 Å². The lowest BCUT2D eigenvalue weighted by molar-refractivity contribution is -0.120. The fraction of sp³-hybridized carbons (Fsp3) is 0.350. The highest BCUT2D eigenvalue weighted by atomic mass is 35.5. The lowest BCUT2D eigenvalue weighted by Gasteiger charge is -2.31. The molecule has 0 saturated carbocycles. The smallest absolute Gasteiger partial charge is 0.246 e. The van der Waals surface area contributed by atoms with E-state index in [-0.39, 0.29) is 23.1 Å². The van der Waals surface area contributed by atoms with Crippen molar-refractivity contribution in [1.82, 2.24) is 4.31 Å². The number of benzene rings is 2. The van der Waals surface area contributed by atoms with Crippen LogP contribution in [0.25, 0.3) is 0 Å². The summed E-state index contributed by atoms with van der Waals surface area (Å²) in [5, 5.41) is 3.33. The molecule has 1 amide bonds. The van der Waals surface area contributed by atoms with Gasteiger partial charge in [0.2, 0.25) is 15.9 Å². The Hall–Kier alpha value is -2.29. The van der Waals surface area contributed by atoms with Crippen molar-refractivity contribution in [2.45, 2.75) is 17.7 Å². The third kappa shape index (κ3) is 4.83. The predicted octanol–water partition coefficient (Wildman–Crippen LogP) is 3.40. The Bertz CT molecular complexity index is 996. The molecule has 7 nitrogen and oxygen atoms in total. The highest BCUT2D eigenvalue weighted by Gasteiger charge is 2.35. The molecule has 0 aromatic heterocycles. The summed E-state index contributed by atoms with van der Waals surface area (Å²) in [5.74, 6) is -0.0492. The normalized spacial score (nSPS) is 17.6. The summed E-state index contributed by atoms with van der Waals surface area (Å²) < 4.78 is 38.2. The monoisotopic (exact) mass is 438 g/mol. The molecule has 29 heavy (non-hydrogen) atoms. The van der Waals surface area contributed by atoms with Crippen LogP contribution >= 0.6 is 11.6 Å². The number of amides is 1. The Morgan fingerprint density at radius 1 is 1.17 bits per heavy atom. The number of nitrogens with zero attached hydrogens (tertiary/aromatic N) is 1. The van der Waals surface area contributed by atoms with E-state index in [0.29, 0.717) is 35.8 Å². The molecule has 0 spiro atoms. The molecule has 1 fully saturated rings. The van der Waals surface area contributed by atoms with Crippen LogP contribution in [0.2, 0.25) is 5.02 Å². The minimum atomic E-state index is -3.86. The van der Waals surface area contributed by atoms with Gasteiger partial charge in [0.1, 0.15) is 16.4 Å². The van der Waals surface area contributed by atoms with Crippen LogP contribution in [0, 0.1) is 5.92 Å². The minimum Gasteiger partial charge on any atom is -0.497 e. The number of methoxy groups -OCH3 is 2. The molecule has 1 aliphatic heterocycles. The van der Waals surface area contributed by atoms with Crippen molar-refractivity contribution in [2.24, 2.45) is 5.92 Å².